The van der Waals surface area contributed by atoms with Gasteiger partial charge in [-0.05, 0) is 35.8 Å². The van der Waals surface area contributed by atoms with Crippen LogP contribution in [-0.2, 0) is 17.8 Å². The summed E-state index contributed by atoms with van der Waals surface area (Å²) in [5.41, 5.74) is 2.05. The predicted octanol–water partition coefficient (Wildman–Crippen LogP) is 3.76. The van der Waals surface area contributed by atoms with E-state index in [1.54, 1.807) is 4.57 Å². The monoisotopic (exact) mass is 437 g/mol. The van der Waals surface area contributed by atoms with Gasteiger partial charge in [-0.15, -0.1) is 21.5 Å². The summed E-state index contributed by atoms with van der Waals surface area (Å²) in [4.78, 5) is 25.1. The van der Waals surface area contributed by atoms with E-state index in [-0.39, 0.29) is 17.4 Å². The zero-order valence-electron chi connectivity index (χ0n) is 17.9. The molecule has 0 radical (unpaired) electrons. The molecule has 4 rings (SSSR count). The lowest BCUT2D eigenvalue weighted by Gasteiger charge is -2.13. The molecule has 7 nitrogen and oxygen atoms in total. The molecule has 0 saturated carbocycles. The second-order valence-corrected chi connectivity index (χ2v) is 8.73. The standard InChI is InChI=1S/C23H27N5O2S/c1-3-13-27-22(30)21-18(12-14-31-21)28-19(25-26-23(27)28)10-7-11-20(29)24-15-16(2)17-8-5-4-6-9-17/h4-6,8-9,12,14,16H,3,7,10-11,13,15H2,1-2H3,(H,24,29)/t16-/m1/s1. The van der Waals surface area contributed by atoms with Crippen LogP contribution in [0.15, 0.2) is 46.6 Å². The number of amides is 1. The van der Waals surface area contributed by atoms with E-state index < -0.39 is 0 Å². The van der Waals surface area contributed by atoms with Gasteiger partial charge in [-0.3, -0.25) is 18.6 Å². The summed E-state index contributed by atoms with van der Waals surface area (Å²) in [6, 6.07) is 12.1. The Morgan fingerprint density at radius 3 is 2.77 bits per heavy atom. The van der Waals surface area contributed by atoms with Crippen molar-refractivity contribution in [2.45, 2.75) is 52.0 Å². The van der Waals surface area contributed by atoms with E-state index in [4.69, 9.17) is 0 Å². The SMILES string of the molecule is CCCn1c(=O)c2sccc2n2c(CCCC(=O)NC[C@@H](C)c3ccccc3)nnc12. The molecular formula is C23H27N5O2S. The molecule has 0 unspecified atom stereocenters. The quantitative estimate of drug-likeness (QED) is 0.432. The van der Waals surface area contributed by atoms with Crippen molar-refractivity contribution in [2.75, 3.05) is 6.54 Å². The number of nitrogens with one attached hydrogen (secondary N) is 1. The summed E-state index contributed by atoms with van der Waals surface area (Å²) in [7, 11) is 0. The molecule has 0 fully saturated rings. The van der Waals surface area contributed by atoms with Gasteiger partial charge in [0, 0.05) is 25.9 Å². The number of rotatable bonds is 9. The highest BCUT2D eigenvalue weighted by Gasteiger charge is 2.17. The van der Waals surface area contributed by atoms with Crippen molar-refractivity contribution in [3.63, 3.8) is 0 Å². The molecule has 0 spiro atoms. The highest BCUT2D eigenvalue weighted by Crippen LogP contribution is 2.20. The first kappa shape index (κ1) is 21.2. The third kappa shape index (κ3) is 4.39. The molecule has 1 amide bonds. The summed E-state index contributed by atoms with van der Waals surface area (Å²) in [6.45, 7) is 5.38. The van der Waals surface area contributed by atoms with Gasteiger partial charge < -0.3 is 5.32 Å². The Kier molecular flexibility index (Phi) is 6.46. The molecule has 4 aromatic rings. The molecule has 1 N–H and O–H groups in total. The Morgan fingerprint density at radius 1 is 1.19 bits per heavy atom. The summed E-state index contributed by atoms with van der Waals surface area (Å²) in [6.07, 6.45) is 2.57. The minimum absolute atomic E-state index is 0.00906. The highest BCUT2D eigenvalue weighted by molar-refractivity contribution is 7.17. The second-order valence-electron chi connectivity index (χ2n) is 7.81. The van der Waals surface area contributed by atoms with Crippen LogP contribution in [0.2, 0.25) is 0 Å². The Hall–Kier alpha value is -3.00. The summed E-state index contributed by atoms with van der Waals surface area (Å²) < 4.78 is 4.39. The average Bonchev–Trinajstić information content (AvgIpc) is 3.43. The molecule has 1 atom stereocenters. The fourth-order valence-electron chi connectivity index (χ4n) is 3.83. The van der Waals surface area contributed by atoms with Crippen LogP contribution in [0.25, 0.3) is 16.0 Å². The number of benzene rings is 1. The van der Waals surface area contributed by atoms with Crippen LogP contribution in [0.3, 0.4) is 0 Å². The zero-order chi connectivity index (χ0) is 21.8. The maximum absolute atomic E-state index is 12.8. The lowest BCUT2D eigenvalue weighted by atomic mass is 10.0. The second kappa shape index (κ2) is 9.43. The normalized spacial score (nSPS) is 12.5. The molecule has 0 aliphatic heterocycles. The predicted molar refractivity (Wildman–Crippen MR) is 124 cm³/mol. The van der Waals surface area contributed by atoms with E-state index in [0.29, 0.717) is 38.1 Å². The number of carbonyl (C=O) groups is 1. The lowest BCUT2D eigenvalue weighted by molar-refractivity contribution is -0.121. The first-order chi connectivity index (χ1) is 15.1. The molecule has 3 aromatic heterocycles. The Morgan fingerprint density at radius 2 is 2.00 bits per heavy atom. The summed E-state index contributed by atoms with van der Waals surface area (Å²) >= 11 is 1.44. The minimum atomic E-state index is -0.00906. The largest absolute Gasteiger partial charge is 0.356 e. The number of thiophene rings is 1. The van der Waals surface area contributed by atoms with Crippen molar-refractivity contribution in [1.82, 2.24) is 24.5 Å². The van der Waals surface area contributed by atoms with Crippen molar-refractivity contribution in [1.29, 1.82) is 0 Å². The van der Waals surface area contributed by atoms with E-state index in [0.717, 1.165) is 22.5 Å². The van der Waals surface area contributed by atoms with Crippen LogP contribution in [0, 0.1) is 0 Å². The molecule has 8 heteroatoms. The van der Waals surface area contributed by atoms with Crippen molar-refractivity contribution in [3.8, 4) is 0 Å². The number of nitrogens with zero attached hydrogens (tertiary/aromatic N) is 4. The van der Waals surface area contributed by atoms with Gasteiger partial charge in [0.1, 0.15) is 10.5 Å². The maximum atomic E-state index is 12.8. The van der Waals surface area contributed by atoms with Gasteiger partial charge >= 0.3 is 0 Å². The fourth-order valence-corrected chi connectivity index (χ4v) is 4.65. The third-order valence-electron chi connectivity index (χ3n) is 5.50. The number of hydrogen-bond donors (Lipinski definition) is 1. The van der Waals surface area contributed by atoms with E-state index in [2.05, 4.69) is 34.6 Å². The van der Waals surface area contributed by atoms with E-state index in [9.17, 15) is 9.59 Å². The van der Waals surface area contributed by atoms with Gasteiger partial charge in [-0.25, -0.2) is 0 Å². The van der Waals surface area contributed by atoms with Crippen LogP contribution in [-0.4, -0.2) is 31.6 Å². The van der Waals surface area contributed by atoms with Gasteiger partial charge in [0.15, 0.2) is 0 Å². The minimum Gasteiger partial charge on any atom is -0.356 e. The van der Waals surface area contributed by atoms with Gasteiger partial charge in [-0.1, -0.05) is 44.2 Å². The third-order valence-corrected chi connectivity index (χ3v) is 6.40. The zero-order valence-corrected chi connectivity index (χ0v) is 18.7. The fraction of sp³-hybridized carbons (Fsp3) is 0.391. The maximum Gasteiger partial charge on any atom is 0.272 e. The average molecular weight is 438 g/mol. The molecule has 0 aliphatic carbocycles. The number of aromatic nitrogens is 4. The van der Waals surface area contributed by atoms with E-state index in [1.807, 2.05) is 41.0 Å². The molecule has 1 aromatic carbocycles. The molecule has 162 valence electrons. The van der Waals surface area contributed by atoms with Crippen molar-refractivity contribution in [2.24, 2.45) is 0 Å². The first-order valence-corrected chi connectivity index (χ1v) is 11.6. The lowest BCUT2D eigenvalue weighted by Crippen LogP contribution is -2.27. The molecule has 0 saturated heterocycles. The van der Waals surface area contributed by atoms with Crippen LogP contribution >= 0.6 is 11.3 Å². The smallest absolute Gasteiger partial charge is 0.272 e. The number of aryl methyl sites for hydroxylation is 2. The molecule has 3 heterocycles. The molecular weight excluding hydrogens is 410 g/mol. The van der Waals surface area contributed by atoms with Gasteiger partial charge in [0.25, 0.3) is 5.56 Å². The van der Waals surface area contributed by atoms with Crippen LogP contribution in [0.4, 0.5) is 0 Å². The van der Waals surface area contributed by atoms with Crippen molar-refractivity contribution in [3.05, 3.63) is 63.5 Å². The number of fused-ring (bicyclic) bond motifs is 3. The van der Waals surface area contributed by atoms with Gasteiger partial charge in [0.2, 0.25) is 11.7 Å². The van der Waals surface area contributed by atoms with Crippen molar-refractivity contribution >= 4 is 33.2 Å². The summed E-state index contributed by atoms with van der Waals surface area (Å²) in [5.74, 6) is 1.68. The molecule has 0 bridgehead atoms. The van der Waals surface area contributed by atoms with Crippen LogP contribution in [0.5, 0.6) is 0 Å². The number of carbonyl (C=O) groups excluding carboxylic acids is 1. The Labute approximate surface area is 184 Å². The molecule has 31 heavy (non-hydrogen) atoms. The van der Waals surface area contributed by atoms with Crippen LogP contribution in [0.1, 0.15) is 50.4 Å². The first-order valence-electron chi connectivity index (χ1n) is 10.8. The molecule has 0 aliphatic rings. The van der Waals surface area contributed by atoms with Crippen molar-refractivity contribution < 1.29 is 4.79 Å². The van der Waals surface area contributed by atoms with Gasteiger partial charge in [-0.2, -0.15) is 0 Å². The van der Waals surface area contributed by atoms with Gasteiger partial charge in [0.05, 0.1) is 5.52 Å². The topological polar surface area (TPSA) is 81.3 Å². The highest BCUT2D eigenvalue weighted by atomic mass is 32.1. The summed E-state index contributed by atoms with van der Waals surface area (Å²) in [5, 5.41) is 13.6. The van der Waals surface area contributed by atoms with E-state index >= 15 is 0 Å². The van der Waals surface area contributed by atoms with E-state index in [1.165, 1.54) is 16.9 Å². The Bertz CT molecular complexity index is 1240. The Balaban J connectivity index is 1.41. The van der Waals surface area contributed by atoms with Crippen LogP contribution < -0.4 is 10.9 Å². The number of hydrogen-bond acceptors (Lipinski definition) is 5.